The van der Waals surface area contributed by atoms with Crippen molar-refractivity contribution in [3.05, 3.63) is 64.5 Å². The number of H-pyrrole nitrogens is 1. The molecule has 0 fully saturated rings. The van der Waals surface area contributed by atoms with Crippen molar-refractivity contribution in [3.8, 4) is 5.75 Å². The lowest BCUT2D eigenvalue weighted by Crippen LogP contribution is -2.24. The van der Waals surface area contributed by atoms with Gasteiger partial charge >= 0.3 is 0 Å². The molecule has 0 saturated heterocycles. The summed E-state index contributed by atoms with van der Waals surface area (Å²) in [5.74, 6) is 1.20. The first-order chi connectivity index (χ1) is 16.5. The highest BCUT2D eigenvalue weighted by Crippen LogP contribution is 2.29. The molecule has 0 radical (unpaired) electrons. The molecule has 4 heterocycles. The van der Waals surface area contributed by atoms with Gasteiger partial charge in [0.15, 0.2) is 10.3 Å². The number of thioether (sulfide) groups is 1. The monoisotopic (exact) mass is 495 g/mol. The molecular formula is C23H21N5O4S2. The summed E-state index contributed by atoms with van der Waals surface area (Å²) in [6, 6.07) is 11.0. The molecule has 2 N–H and O–H groups in total. The van der Waals surface area contributed by atoms with E-state index in [2.05, 4.69) is 20.3 Å². The van der Waals surface area contributed by atoms with Gasteiger partial charge in [-0.05, 0) is 44.2 Å². The average molecular weight is 496 g/mol. The van der Waals surface area contributed by atoms with Crippen molar-refractivity contribution in [1.29, 1.82) is 0 Å². The highest BCUT2D eigenvalue weighted by Gasteiger charge is 2.17. The van der Waals surface area contributed by atoms with Crippen LogP contribution in [-0.4, -0.2) is 37.8 Å². The fourth-order valence-electron chi connectivity index (χ4n) is 3.52. The number of furan rings is 1. The van der Waals surface area contributed by atoms with Crippen molar-refractivity contribution >= 4 is 55.4 Å². The number of hydrogen-bond donors (Lipinski definition) is 2. The van der Waals surface area contributed by atoms with E-state index in [0.29, 0.717) is 33.7 Å². The number of carbonyl (C=O) groups excluding carboxylic acids is 1. The molecule has 34 heavy (non-hydrogen) atoms. The van der Waals surface area contributed by atoms with Gasteiger partial charge in [-0.25, -0.2) is 9.97 Å². The number of hydrogen-bond acceptors (Lipinski definition) is 8. The number of nitrogens with one attached hydrogen (secondary N) is 2. The zero-order chi connectivity index (χ0) is 23.7. The number of amides is 1. The van der Waals surface area contributed by atoms with Gasteiger partial charge in [0.1, 0.15) is 17.0 Å². The second-order valence-electron chi connectivity index (χ2n) is 7.50. The maximum atomic E-state index is 13.1. The Balaban J connectivity index is 1.35. The van der Waals surface area contributed by atoms with Gasteiger partial charge in [0.05, 0.1) is 40.9 Å². The van der Waals surface area contributed by atoms with Crippen LogP contribution in [0.15, 0.2) is 57.0 Å². The molecule has 4 aromatic heterocycles. The molecule has 5 aromatic rings. The summed E-state index contributed by atoms with van der Waals surface area (Å²) in [4.78, 5) is 38.0. The third-order valence-electron chi connectivity index (χ3n) is 4.98. The summed E-state index contributed by atoms with van der Waals surface area (Å²) < 4.78 is 13.4. The van der Waals surface area contributed by atoms with Crippen LogP contribution in [0.4, 0.5) is 5.13 Å². The number of thiazole rings is 1. The van der Waals surface area contributed by atoms with Crippen molar-refractivity contribution in [3.63, 3.8) is 0 Å². The highest BCUT2D eigenvalue weighted by atomic mass is 32.2. The Hall–Kier alpha value is -3.57. The molecule has 0 aliphatic carbocycles. The predicted molar refractivity (Wildman–Crippen MR) is 133 cm³/mol. The van der Waals surface area contributed by atoms with Gasteiger partial charge in [-0.15, -0.1) is 0 Å². The van der Waals surface area contributed by atoms with Crippen LogP contribution in [0.5, 0.6) is 5.75 Å². The molecule has 0 unspecified atom stereocenters. The molecule has 1 amide bonds. The Labute approximate surface area is 202 Å². The standard InChI is InChI=1S/C23H21N5O4S2/c1-3-31-14-6-7-18-16(10-14)25-22(34-18)27-19(29)12-33-23-26-17-9-13(2)24-20(17)21(30)28(23)11-15-5-4-8-32-15/h4-10,24H,3,11-12H2,1-2H3,(H,25,27,29). The van der Waals surface area contributed by atoms with Crippen LogP contribution in [0, 0.1) is 6.92 Å². The SMILES string of the molecule is CCOc1ccc2sc(NC(=O)CSc3nc4cc(C)[nH]c4c(=O)n3Cc3ccco3)nc2c1. The average Bonchev–Trinajstić information content (AvgIpc) is 3.54. The fraction of sp³-hybridized carbons (Fsp3) is 0.217. The van der Waals surface area contributed by atoms with Crippen molar-refractivity contribution < 1.29 is 13.9 Å². The zero-order valence-electron chi connectivity index (χ0n) is 18.5. The topological polar surface area (TPSA) is 115 Å². The van der Waals surface area contributed by atoms with Gasteiger partial charge in [0, 0.05) is 11.8 Å². The fourth-order valence-corrected chi connectivity index (χ4v) is 5.18. The first kappa shape index (κ1) is 22.2. The molecule has 0 aliphatic heterocycles. The van der Waals surface area contributed by atoms with Crippen LogP contribution in [0.3, 0.4) is 0 Å². The van der Waals surface area contributed by atoms with E-state index in [1.165, 1.54) is 27.7 Å². The molecule has 5 rings (SSSR count). The summed E-state index contributed by atoms with van der Waals surface area (Å²) >= 11 is 2.58. The number of aromatic nitrogens is 4. The minimum Gasteiger partial charge on any atom is -0.494 e. The van der Waals surface area contributed by atoms with Crippen LogP contribution in [-0.2, 0) is 11.3 Å². The van der Waals surface area contributed by atoms with E-state index in [0.717, 1.165) is 21.7 Å². The third-order valence-corrected chi connectivity index (χ3v) is 6.91. The quantitative estimate of drug-likeness (QED) is 0.242. The smallest absolute Gasteiger partial charge is 0.278 e. The van der Waals surface area contributed by atoms with Crippen molar-refractivity contribution in [2.45, 2.75) is 25.5 Å². The number of aryl methyl sites for hydroxylation is 1. The van der Waals surface area contributed by atoms with Gasteiger partial charge < -0.3 is 19.5 Å². The van der Waals surface area contributed by atoms with Crippen LogP contribution in [0.2, 0.25) is 0 Å². The van der Waals surface area contributed by atoms with E-state index in [1.54, 1.807) is 18.4 Å². The normalized spacial score (nSPS) is 11.4. The van der Waals surface area contributed by atoms with Crippen LogP contribution < -0.4 is 15.6 Å². The van der Waals surface area contributed by atoms with E-state index < -0.39 is 0 Å². The Kier molecular flexibility index (Phi) is 6.12. The minimum absolute atomic E-state index is 0.0691. The van der Waals surface area contributed by atoms with Crippen molar-refractivity contribution in [2.24, 2.45) is 0 Å². The Morgan fingerprint density at radius 1 is 1.26 bits per heavy atom. The van der Waals surface area contributed by atoms with Gasteiger partial charge in [-0.1, -0.05) is 23.1 Å². The van der Waals surface area contributed by atoms with E-state index in [1.807, 2.05) is 38.1 Å². The molecule has 0 aliphatic rings. The first-order valence-electron chi connectivity index (χ1n) is 10.6. The molecule has 0 saturated carbocycles. The molecule has 0 spiro atoms. The van der Waals surface area contributed by atoms with Gasteiger partial charge in [0.2, 0.25) is 5.91 Å². The molecule has 9 nitrogen and oxygen atoms in total. The number of benzene rings is 1. The lowest BCUT2D eigenvalue weighted by Gasteiger charge is -2.10. The summed E-state index contributed by atoms with van der Waals surface area (Å²) in [7, 11) is 0. The van der Waals surface area contributed by atoms with Gasteiger partial charge in [-0.3, -0.25) is 14.2 Å². The largest absolute Gasteiger partial charge is 0.494 e. The zero-order valence-corrected chi connectivity index (χ0v) is 20.1. The summed E-state index contributed by atoms with van der Waals surface area (Å²) in [5.41, 5.74) is 2.39. The lowest BCUT2D eigenvalue weighted by molar-refractivity contribution is -0.113. The predicted octanol–water partition coefficient (Wildman–Crippen LogP) is 4.41. The maximum Gasteiger partial charge on any atom is 0.278 e. The second kappa shape index (κ2) is 9.35. The van der Waals surface area contributed by atoms with Crippen molar-refractivity contribution in [1.82, 2.24) is 19.5 Å². The number of rotatable bonds is 8. The summed E-state index contributed by atoms with van der Waals surface area (Å²) in [6.45, 7) is 4.58. The first-order valence-corrected chi connectivity index (χ1v) is 12.4. The lowest BCUT2D eigenvalue weighted by atomic mass is 10.3. The van der Waals surface area contributed by atoms with Crippen LogP contribution >= 0.6 is 23.1 Å². The number of nitrogens with zero attached hydrogens (tertiary/aromatic N) is 3. The van der Waals surface area contributed by atoms with Gasteiger partial charge in [-0.2, -0.15) is 0 Å². The maximum absolute atomic E-state index is 13.1. The Bertz CT molecular complexity index is 1530. The van der Waals surface area contributed by atoms with Gasteiger partial charge in [0.25, 0.3) is 5.56 Å². The number of aromatic amines is 1. The molecule has 11 heteroatoms. The molecule has 0 bridgehead atoms. The number of ether oxygens (including phenoxy) is 1. The minimum atomic E-state index is -0.238. The van der Waals surface area contributed by atoms with E-state index in [9.17, 15) is 9.59 Å². The number of fused-ring (bicyclic) bond motifs is 2. The second-order valence-corrected chi connectivity index (χ2v) is 9.47. The van der Waals surface area contributed by atoms with Crippen LogP contribution in [0.25, 0.3) is 21.3 Å². The Morgan fingerprint density at radius 3 is 2.94 bits per heavy atom. The van der Waals surface area contributed by atoms with Crippen LogP contribution in [0.1, 0.15) is 18.4 Å². The molecule has 1 aromatic carbocycles. The molecule has 0 atom stereocenters. The van der Waals surface area contributed by atoms with E-state index in [-0.39, 0.29) is 23.8 Å². The summed E-state index contributed by atoms with van der Waals surface area (Å²) in [5, 5.41) is 3.79. The third kappa shape index (κ3) is 4.57. The highest BCUT2D eigenvalue weighted by molar-refractivity contribution is 7.99. The summed E-state index contributed by atoms with van der Waals surface area (Å²) in [6.07, 6.45) is 1.56. The van der Waals surface area contributed by atoms with E-state index >= 15 is 0 Å². The molecule has 174 valence electrons. The van der Waals surface area contributed by atoms with E-state index in [4.69, 9.17) is 9.15 Å². The number of carbonyl (C=O) groups is 1. The Morgan fingerprint density at radius 2 is 2.15 bits per heavy atom. The van der Waals surface area contributed by atoms with Crippen molar-refractivity contribution in [2.75, 3.05) is 17.7 Å². The number of anilines is 1. The molecular weight excluding hydrogens is 474 g/mol.